The highest BCUT2D eigenvalue weighted by Gasteiger charge is 2.19. The summed E-state index contributed by atoms with van der Waals surface area (Å²) in [6.45, 7) is 8.10. The summed E-state index contributed by atoms with van der Waals surface area (Å²) in [6.07, 6.45) is 4.89. The zero-order valence-electron chi connectivity index (χ0n) is 13.7. The first-order chi connectivity index (χ1) is 11.5. The second-order valence-corrected chi connectivity index (χ2v) is 6.02. The Morgan fingerprint density at radius 3 is 2.62 bits per heavy atom. The first kappa shape index (κ1) is 16.4. The SMILES string of the molecule is C=C1CCN(/C(C)=C(/Cn2cncn2)c2ccc(F)cc2F)CC1. The van der Waals surface area contributed by atoms with Crippen LogP contribution in [-0.4, -0.2) is 32.8 Å². The highest BCUT2D eigenvalue weighted by atomic mass is 19.1. The monoisotopic (exact) mass is 330 g/mol. The number of allylic oxidation sites excluding steroid dienone is 2. The van der Waals surface area contributed by atoms with Gasteiger partial charge in [-0.3, -0.25) is 0 Å². The van der Waals surface area contributed by atoms with Crippen LogP contribution in [0.1, 0.15) is 25.3 Å². The van der Waals surface area contributed by atoms with Crippen LogP contribution in [0.3, 0.4) is 0 Å². The van der Waals surface area contributed by atoms with E-state index in [2.05, 4.69) is 21.6 Å². The van der Waals surface area contributed by atoms with Crippen LogP contribution in [0, 0.1) is 11.6 Å². The molecular weight excluding hydrogens is 310 g/mol. The van der Waals surface area contributed by atoms with Crippen molar-refractivity contribution < 1.29 is 8.78 Å². The van der Waals surface area contributed by atoms with Crippen molar-refractivity contribution in [2.75, 3.05) is 13.1 Å². The van der Waals surface area contributed by atoms with Gasteiger partial charge in [0.25, 0.3) is 0 Å². The fourth-order valence-electron chi connectivity index (χ4n) is 2.95. The molecular formula is C18H20F2N4. The fraction of sp³-hybridized carbons (Fsp3) is 0.333. The van der Waals surface area contributed by atoms with E-state index < -0.39 is 11.6 Å². The lowest BCUT2D eigenvalue weighted by Gasteiger charge is -2.32. The molecule has 24 heavy (non-hydrogen) atoms. The van der Waals surface area contributed by atoms with Crippen molar-refractivity contribution in [1.82, 2.24) is 19.7 Å². The summed E-state index contributed by atoms with van der Waals surface area (Å²) in [5, 5.41) is 4.11. The van der Waals surface area contributed by atoms with Crippen molar-refractivity contribution in [2.45, 2.75) is 26.3 Å². The average Bonchev–Trinajstić information content (AvgIpc) is 3.06. The number of nitrogens with zero attached hydrogens (tertiary/aromatic N) is 4. The molecule has 0 saturated carbocycles. The van der Waals surface area contributed by atoms with Gasteiger partial charge >= 0.3 is 0 Å². The fourth-order valence-corrected chi connectivity index (χ4v) is 2.95. The van der Waals surface area contributed by atoms with E-state index in [9.17, 15) is 8.78 Å². The summed E-state index contributed by atoms with van der Waals surface area (Å²) in [4.78, 5) is 6.16. The summed E-state index contributed by atoms with van der Waals surface area (Å²) in [6, 6.07) is 3.69. The van der Waals surface area contributed by atoms with Crippen LogP contribution >= 0.6 is 0 Å². The topological polar surface area (TPSA) is 34.0 Å². The molecule has 0 spiro atoms. The lowest BCUT2D eigenvalue weighted by Crippen LogP contribution is -2.30. The minimum atomic E-state index is -0.580. The zero-order chi connectivity index (χ0) is 17.1. The summed E-state index contributed by atoms with van der Waals surface area (Å²) in [5.41, 5.74) is 3.40. The maximum absolute atomic E-state index is 14.4. The molecule has 0 aliphatic carbocycles. The van der Waals surface area contributed by atoms with Crippen LogP contribution in [0.15, 0.2) is 48.7 Å². The number of hydrogen-bond donors (Lipinski definition) is 0. The normalized spacial score (nSPS) is 16.3. The first-order valence-corrected chi connectivity index (χ1v) is 7.94. The van der Waals surface area contributed by atoms with Crippen molar-refractivity contribution in [3.63, 3.8) is 0 Å². The lowest BCUT2D eigenvalue weighted by atomic mass is 10.00. The molecule has 1 aliphatic rings. The van der Waals surface area contributed by atoms with Crippen molar-refractivity contribution in [2.24, 2.45) is 0 Å². The third-order valence-electron chi connectivity index (χ3n) is 4.42. The predicted octanol–water partition coefficient (Wildman–Crippen LogP) is 3.64. The van der Waals surface area contributed by atoms with Crippen LogP contribution < -0.4 is 0 Å². The summed E-state index contributed by atoms with van der Waals surface area (Å²) < 4.78 is 29.3. The molecule has 0 radical (unpaired) electrons. The Balaban J connectivity index is 2.00. The van der Waals surface area contributed by atoms with Gasteiger partial charge in [0.2, 0.25) is 0 Å². The summed E-state index contributed by atoms with van der Waals surface area (Å²) in [5.74, 6) is -1.14. The molecule has 1 saturated heterocycles. The highest BCUT2D eigenvalue weighted by Crippen LogP contribution is 2.28. The van der Waals surface area contributed by atoms with Gasteiger partial charge in [-0.25, -0.2) is 18.4 Å². The van der Waals surface area contributed by atoms with Gasteiger partial charge in [-0.1, -0.05) is 12.2 Å². The van der Waals surface area contributed by atoms with Crippen molar-refractivity contribution in [3.8, 4) is 0 Å². The Bertz CT molecular complexity index is 755. The molecule has 6 heteroatoms. The molecule has 0 N–H and O–H groups in total. The van der Waals surface area contributed by atoms with E-state index in [0.29, 0.717) is 12.1 Å². The second-order valence-electron chi connectivity index (χ2n) is 6.02. The van der Waals surface area contributed by atoms with Gasteiger partial charge in [0, 0.05) is 36.0 Å². The summed E-state index contributed by atoms with van der Waals surface area (Å²) >= 11 is 0. The van der Waals surface area contributed by atoms with E-state index in [-0.39, 0.29) is 0 Å². The number of halogens is 2. The van der Waals surface area contributed by atoms with Crippen molar-refractivity contribution in [1.29, 1.82) is 0 Å². The first-order valence-electron chi connectivity index (χ1n) is 7.94. The van der Waals surface area contributed by atoms with E-state index in [0.717, 1.165) is 43.3 Å². The highest BCUT2D eigenvalue weighted by molar-refractivity contribution is 5.68. The molecule has 1 aromatic carbocycles. The minimum Gasteiger partial charge on any atom is -0.374 e. The van der Waals surface area contributed by atoms with Crippen LogP contribution in [0.25, 0.3) is 5.57 Å². The Morgan fingerprint density at radius 2 is 2.00 bits per heavy atom. The third kappa shape index (κ3) is 3.53. The van der Waals surface area contributed by atoms with Crippen LogP contribution in [0.4, 0.5) is 8.78 Å². The zero-order valence-corrected chi connectivity index (χ0v) is 13.7. The Labute approximate surface area is 140 Å². The van der Waals surface area contributed by atoms with Gasteiger partial charge in [0.15, 0.2) is 0 Å². The standard InChI is InChI=1S/C18H20F2N4/c1-13-5-7-23(8-6-13)14(2)17(10-24-12-21-11-22-24)16-4-3-15(19)9-18(16)20/h3-4,9,11-12H,1,5-8,10H2,2H3/b17-14-. The van der Waals surface area contributed by atoms with Crippen molar-refractivity contribution >= 4 is 5.57 Å². The van der Waals surface area contributed by atoms with Crippen molar-refractivity contribution in [3.05, 3.63) is 65.9 Å². The largest absolute Gasteiger partial charge is 0.374 e. The minimum absolute atomic E-state index is 0.381. The van der Waals surface area contributed by atoms with E-state index in [1.165, 1.54) is 24.0 Å². The molecule has 4 nitrogen and oxygen atoms in total. The molecule has 2 aromatic rings. The molecule has 0 amide bonds. The smallest absolute Gasteiger partial charge is 0.137 e. The molecule has 2 heterocycles. The maximum Gasteiger partial charge on any atom is 0.137 e. The number of likely N-dealkylation sites (tertiary alicyclic amines) is 1. The van der Waals surface area contributed by atoms with Crippen LogP contribution in [0.5, 0.6) is 0 Å². The Hall–Kier alpha value is -2.50. The quantitative estimate of drug-likeness (QED) is 0.803. The molecule has 126 valence electrons. The van der Waals surface area contributed by atoms with E-state index in [4.69, 9.17) is 0 Å². The molecule has 1 aliphatic heterocycles. The molecule has 0 atom stereocenters. The number of benzene rings is 1. The molecule has 1 fully saturated rings. The maximum atomic E-state index is 14.4. The van der Waals surface area contributed by atoms with Crippen LogP contribution in [0.2, 0.25) is 0 Å². The van der Waals surface area contributed by atoms with Crippen LogP contribution in [-0.2, 0) is 6.54 Å². The van der Waals surface area contributed by atoms with Gasteiger partial charge in [-0.05, 0) is 31.9 Å². The van der Waals surface area contributed by atoms with E-state index in [1.54, 1.807) is 11.0 Å². The molecule has 1 aromatic heterocycles. The Morgan fingerprint density at radius 1 is 1.25 bits per heavy atom. The third-order valence-corrected chi connectivity index (χ3v) is 4.42. The van der Waals surface area contributed by atoms with Gasteiger partial charge in [-0.15, -0.1) is 0 Å². The van der Waals surface area contributed by atoms with E-state index in [1.807, 2.05) is 6.92 Å². The predicted molar refractivity (Wildman–Crippen MR) is 88.9 cm³/mol. The number of aromatic nitrogens is 3. The molecule has 0 bridgehead atoms. The Kier molecular flexibility index (Phi) is 4.74. The average molecular weight is 330 g/mol. The number of hydrogen-bond acceptors (Lipinski definition) is 3. The van der Waals surface area contributed by atoms with Gasteiger partial charge in [-0.2, -0.15) is 5.10 Å². The van der Waals surface area contributed by atoms with Gasteiger partial charge in [0.1, 0.15) is 24.3 Å². The molecule has 3 rings (SSSR count). The van der Waals surface area contributed by atoms with Gasteiger partial charge in [0.05, 0.1) is 6.54 Å². The van der Waals surface area contributed by atoms with Gasteiger partial charge < -0.3 is 4.90 Å². The lowest BCUT2D eigenvalue weighted by molar-refractivity contribution is 0.322. The summed E-state index contributed by atoms with van der Waals surface area (Å²) in [7, 11) is 0. The van der Waals surface area contributed by atoms with E-state index >= 15 is 0 Å². The number of piperidine rings is 1. The number of rotatable bonds is 4. The molecule has 0 unspecified atom stereocenters. The second kappa shape index (κ2) is 6.95.